The molecule has 0 radical (unpaired) electrons. The number of aliphatic hydroxyl groups is 1. The van der Waals surface area contributed by atoms with E-state index in [-0.39, 0.29) is 16.7 Å². The number of primary amides is 1. The van der Waals surface area contributed by atoms with Gasteiger partial charge in [0.1, 0.15) is 0 Å². The van der Waals surface area contributed by atoms with E-state index < -0.39 is 35.6 Å². The Morgan fingerprint density at radius 1 is 1.04 bits per heavy atom. The van der Waals surface area contributed by atoms with Crippen LogP contribution in [-0.2, 0) is 0 Å². The van der Waals surface area contributed by atoms with Crippen LogP contribution < -0.4 is 11.1 Å². The topological polar surface area (TPSA) is 92.4 Å². The average molecular weight is 334 g/mol. The van der Waals surface area contributed by atoms with Gasteiger partial charge in [-0.05, 0) is 48.9 Å². The molecule has 0 aliphatic heterocycles. The van der Waals surface area contributed by atoms with Crippen molar-refractivity contribution in [3.63, 3.8) is 0 Å². The molecule has 0 spiro atoms. The van der Waals surface area contributed by atoms with Gasteiger partial charge in [0, 0.05) is 11.1 Å². The van der Waals surface area contributed by atoms with E-state index in [2.05, 4.69) is 5.32 Å². The summed E-state index contributed by atoms with van der Waals surface area (Å²) < 4.78 is 26.1. The van der Waals surface area contributed by atoms with Crippen LogP contribution in [0.4, 0.5) is 8.78 Å². The van der Waals surface area contributed by atoms with Crippen LogP contribution in [0.1, 0.15) is 39.3 Å². The summed E-state index contributed by atoms with van der Waals surface area (Å²) >= 11 is 0. The lowest BCUT2D eigenvalue weighted by Crippen LogP contribution is -2.37. The van der Waals surface area contributed by atoms with Gasteiger partial charge in [-0.2, -0.15) is 0 Å². The van der Waals surface area contributed by atoms with Crippen molar-refractivity contribution in [2.75, 3.05) is 0 Å². The minimum absolute atomic E-state index is 0.144. The monoisotopic (exact) mass is 334 g/mol. The fraction of sp³-hybridized carbons (Fsp3) is 0.176. The Morgan fingerprint density at radius 2 is 1.62 bits per heavy atom. The smallest absolute Gasteiger partial charge is 0.251 e. The summed E-state index contributed by atoms with van der Waals surface area (Å²) in [6.45, 7) is 1.53. The Kier molecular flexibility index (Phi) is 5.25. The molecule has 0 aromatic heterocycles. The molecule has 24 heavy (non-hydrogen) atoms. The van der Waals surface area contributed by atoms with Gasteiger partial charge in [0.15, 0.2) is 11.6 Å². The maximum Gasteiger partial charge on any atom is 0.251 e. The molecular formula is C17H16F2N2O3. The number of carbonyl (C=O) groups is 2. The fourth-order valence-corrected chi connectivity index (χ4v) is 2.14. The van der Waals surface area contributed by atoms with Crippen molar-refractivity contribution >= 4 is 11.8 Å². The molecule has 0 aliphatic carbocycles. The molecule has 126 valence electrons. The van der Waals surface area contributed by atoms with Crippen LogP contribution in [0.5, 0.6) is 0 Å². The van der Waals surface area contributed by atoms with Crippen molar-refractivity contribution in [1.29, 1.82) is 0 Å². The summed E-state index contributed by atoms with van der Waals surface area (Å²) in [5, 5.41) is 12.7. The predicted octanol–water partition coefficient (Wildman–Crippen LogP) is 1.92. The van der Waals surface area contributed by atoms with Crippen LogP contribution in [0.2, 0.25) is 0 Å². The quantitative estimate of drug-likeness (QED) is 0.780. The number of nitrogens with two attached hydrogens (primary N) is 1. The van der Waals surface area contributed by atoms with Crippen molar-refractivity contribution in [3.8, 4) is 0 Å². The van der Waals surface area contributed by atoms with E-state index in [9.17, 15) is 23.5 Å². The standard InChI is InChI=1S/C17H16F2N2O3/c1-9(15(22)12-6-7-13(18)14(19)8-12)21-17(24)11-4-2-10(3-5-11)16(20)23/h2-9,15,22H,1H3,(H2,20,23)(H,21,24). The average Bonchev–Trinajstić information content (AvgIpc) is 2.56. The van der Waals surface area contributed by atoms with Crippen LogP contribution in [0, 0.1) is 11.6 Å². The molecule has 2 amide bonds. The number of hydrogen-bond acceptors (Lipinski definition) is 3. The van der Waals surface area contributed by atoms with Crippen molar-refractivity contribution in [2.45, 2.75) is 19.1 Å². The molecule has 2 unspecified atom stereocenters. The Morgan fingerprint density at radius 3 is 2.17 bits per heavy atom. The molecular weight excluding hydrogens is 318 g/mol. The van der Waals surface area contributed by atoms with E-state index in [1.807, 2.05) is 0 Å². The molecule has 7 heteroatoms. The van der Waals surface area contributed by atoms with Gasteiger partial charge in [-0.3, -0.25) is 9.59 Å². The molecule has 2 rings (SSSR count). The van der Waals surface area contributed by atoms with Crippen LogP contribution in [0.15, 0.2) is 42.5 Å². The molecule has 0 bridgehead atoms. The van der Waals surface area contributed by atoms with Crippen molar-refractivity contribution in [1.82, 2.24) is 5.32 Å². The summed E-state index contributed by atoms with van der Waals surface area (Å²) in [6.07, 6.45) is -1.21. The lowest BCUT2D eigenvalue weighted by atomic mass is 10.0. The van der Waals surface area contributed by atoms with Gasteiger partial charge in [0.25, 0.3) is 5.91 Å². The molecule has 0 fully saturated rings. The Hall–Kier alpha value is -2.80. The number of nitrogens with one attached hydrogen (secondary N) is 1. The number of benzene rings is 2. The van der Waals surface area contributed by atoms with Gasteiger partial charge < -0.3 is 16.2 Å². The predicted molar refractivity (Wildman–Crippen MR) is 83.2 cm³/mol. The van der Waals surface area contributed by atoms with E-state index in [4.69, 9.17) is 5.73 Å². The van der Waals surface area contributed by atoms with E-state index >= 15 is 0 Å². The lowest BCUT2D eigenvalue weighted by Gasteiger charge is -2.21. The number of amides is 2. The molecule has 0 heterocycles. The normalized spacial score (nSPS) is 13.2. The maximum absolute atomic E-state index is 13.2. The second-order valence-electron chi connectivity index (χ2n) is 5.32. The molecule has 2 atom stereocenters. The van der Waals surface area contributed by atoms with E-state index in [1.54, 1.807) is 0 Å². The highest BCUT2D eigenvalue weighted by molar-refractivity contribution is 5.97. The Labute approximate surface area is 137 Å². The van der Waals surface area contributed by atoms with Gasteiger partial charge in [0.05, 0.1) is 12.1 Å². The first-order valence-corrected chi connectivity index (χ1v) is 7.13. The highest BCUT2D eigenvalue weighted by Crippen LogP contribution is 2.19. The number of rotatable bonds is 5. The third kappa shape index (κ3) is 3.94. The van der Waals surface area contributed by atoms with Crippen LogP contribution >= 0.6 is 0 Å². The molecule has 2 aromatic carbocycles. The SMILES string of the molecule is CC(NC(=O)c1ccc(C(N)=O)cc1)C(O)c1ccc(F)c(F)c1. The van der Waals surface area contributed by atoms with Crippen LogP contribution in [-0.4, -0.2) is 23.0 Å². The summed E-state index contributed by atoms with van der Waals surface area (Å²) in [5.74, 6) is -3.19. The third-order valence-electron chi connectivity index (χ3n) is 3.55. The maximum atomic E-state index is 13.2. The summed E-state index contributed by atoms with van der Waals surface area (Å²) in [7, 11) is 0. The fourth-order valence-electron chi connectivity index (χ4n) is 2.14. The zero-order chi connectivity index (χ0) is 17.9. The zero-order valence-corrected chi connectivity index (χ0v) is 12.8. The minimum Gasteiger partial charge on any atom is -0.386 e. The molecule has 4 N–H and O–H groups in total. The summed E-state index contributed by atoms with van der Waals surface area (Å²) in [6, 6.07) is 7.94. The largest absolute Gasteiger partial charge is 0.386 e. The summed E-state index contributed by atoms with van der Waals surface area (Å²) in [5.41, 5.74) is 5.80. The van der Waals surface area contributed by atoms with Crippen molar-refractivity contribution < 1.29 is 23.5 Å². The molecule has 2 aromatic rings. The second kappa shape index (κ2) is 7.18. The number of hydrogen-bond donors (Lipinski definition) is 3. The summed E-state index contributed by atoms with van der Waals surface area (Å²) in [4.78, 5) is 23.1. The van der Waals surface area contributed by atoms with Crippen LogP contribution in [0.25, 0.3) is 0 Å². The second-order valence-corrected chi connectivity index (χ2v) is 5.32. The van der Waals surface area contributed by atoms with E-state index in [0.717, 1.165) is 12.1 Å². The van der Waals surface area contributed by atoms with Gasteiger partial charge in [-0.15, -0.1) is 0 Å². The van der Waals surface area contributed by atoms with Crippen LogP contribution in [0.3, 0.4) is 0 Å². The first kappa shape index (κ1) is 17.6. The third-order valence-corrected chi connectivity index (χ3v) is 3.55. The van der Waals surface area contributed by atoms with Crippen molar-refractivity contribution in [3.05, 3.63) is 70.8 Å². The minimum atomic E-state index is -1.21. The number of carbonyl (C=O) groups excluding carboxylic acids is 2. The van der Waals surface area contributed by atoms with E-state index in [1.165, 1.54) is 37.3 Å². The highest BCUT2D eigenvalue weighted by Gasteiger charge is 2.20. The first-order valence-electron chi connectivity index (χ1n) is 7.13. The van der Waals surface area contributed by atoms with E-state index in [0.29, 0.717) is 0 Å². The lowest BCUT2D eigenvalue weighted by molar-refractivity contribution is 0.0851. The molecule has 0 saturated heterocycles. The number of halogens is 2. The number of aliphatic hydroxyl groups excluding tert-OH is 1. The highest BCUT2D eigenvalue weighted by atomic mass is 19.2. The molecule has 5 nitrogen and oxygen atoms in total. The Balaban J connectivity index is 2.07. The van der Waals surface area contributed by atoms with Gasteiger partial charge in [0.2, 0.25) is 5.91 Å². The van der Waals surface area contributed by atoms with Gasteiger partial charge in [-0.25, -0.2) is 8.78 Å². The van der Waals surface area contributed by atoms with Crippen molar-refractivity contribution in [2.24, 2.45) is 5.73 Å². The molecule has 0 saturated carbocycles. The zero-order valence-electron chi connectivity index (χ0n) is 12.8. The molecule has 0 aliphatic rings. The van der Waals surface area contributed by atoms with Gasteiger partial charge >= 0.3 is 0 Å². The Bertz CT molecular complexity index is 763. The van der Waals surface area contributed by atoms with Gasteiger partial charge in [-0.1, -0.05) is 6.07 Å². The first-order chi connectivity index (χ1) is 11.3.